The Morgan fingerprint density at radius 1 is 0.500 bits per heavy atom. The molecule has 1 radical (unpaired) electrons. The van der Waals surface area contributed by atoms with E-state index in [9.17, 15) is 0 Å². The summed E-state index contributed by atoms with van der Waals surface area (Å²) < 4.78 is 0. The van der Waals surface area contributed by atoms with Crippen LogP contribution in [0.1, 0.15) is 0 Å². The molecule has 0 aromatic rings. The van der Waals surface area contributed by atoms with Crippen molar-refractivity contribution >= 4 is 0 Å². The molecule has 47 valence electrons. The maximum Gasteiger partial charge on any atom is 2.00 e. The topological polar surface area (TPSA) is 114 Å². The van der Waals surface area contributed by atoms with E-state index < -0.39 is 0 Å². The Bertz CT molecular complexity index is 7.51. The minimum absolute atomic E-state index is 0. The molecule has 0 amide bonds. The van der Waals surface area contributed by atoms with Crippen molar-refractivity contribution in [3.8, 4) is 0 Å². The average Bonchev–Trinajstić information content (AvgIpc) is 0. The van der Waals surface area contributed by atoms with Gasteiger partial charge in [-0.05, 0) is 0 Å². The molecule has 0 atom stereocenters. The van der Waals surface area contributed by atoms with Crippen LogP contribution in [-0.4, -0.2) is 0 Å². The summed E-state index contributed by atoms with van der Waals surface area (Å²) in [5.74, 6) is 0. The van der Waals surface area contributed by atoms with E-state index in [0.29, 0.717) is 0 Å². The zero-order valence-corrected chi connectivity index (χ0v) is 6.22. The Kier molecular flexibility index (Phi) is 5490. The number of hydrogen-bond donors (Lipinski definition) is 0. The second-order valence-electron chi connectivity index (χ2n) is 0. The fourth-order valence-corrected chi connectivity index (χ4v) is 0. The number of rotatable bonds is 0. The second-order valence-corrected chi connectivity index (χ2v) is 0. The van der Waals surface area contributed by atoms with Crippen LogP contribution >= 0.6 is 0 Å². The van der Waals surface area contributed by atoms with Crippen LogP contribution < -0.4 is 0 Å². The molecule has 0 fully saturated rings. The van der Waals surface area contributed by atoms with Crippen molar-refractivity contribution in [3.05, 3.63) is 0 Å². The first-order valence-electron chi connectivity index (χ1n) is 0. The summed E-state index contributed by atoms with van der Waals surface area (Å²) in [7, 11) is 0. The van der Waals surface area contributed by atoms with E-state index in [4.69, 9.17) is 0 Å². The molecule has 0 heterocycles. The third-order valence-electron chi connectivity index (χ3n) is 0. The largest absolute Gasteiger partial charge is 2.00 e. The Balaban J connectivity index is 0. The van der Waals surface area contributed by atoms with Gasteiger partial charge < -0.3 is 21.9 Å². The molecule has 0 unspecified atom stereocenters. The molecule has 0 saturated heterocycles. The third-order valence-corrected chi connectivity index (χ3v) is 0. The average molecular weight is 311 g/mol. The molecule has 0 N–H and O–H groups in total. The van der Waals surface area contributed by atoms with Crippen molar-refractivity contribution in [1.82, 2.24) is 0 Å². The van der Waals surface area contributed by atoms with E-state index in [1.807, 2.05) is 0 Å². The second kappa shape index (κ2) is 140. The third kappa shape index (κ3) is 75.3. The van der Waals surface area contributed by atoms with Crippen LogP contribution in [0.25, 0.3) is 0 Å². The van der Waals surface area contributed by atoms with E-state index in [-0.39, 0.29) is 60.0 Å². The Hall–Kier alpha value is 1.05. The maximum atomic E-state index is 0. The van der Waals surface area contributed by atoms with Crippen LogP contribution in [-0.2, 0) is 60.0 Å². The fraction of sp³-hybridized carbons (Fsp3) is 0. The predicted molar refractivity (Wildman–Crippen MR) is 2.75 cm³/mol. The van der Waals surface area contributed by atoms with Crippen molar-refractivity contribution in [2.45, 2.75) is 0 Å². The number of hydrogen-bond acceptors (Lipinski definition) is 0. The minimum Gasteiger partial charge on any atom is -2.00 e. The molecule has 0 aliphatic carbocycles. The molecule has 0 aromatic carbocycles. The molecule has 6 heavy (non-hydrogen) atoms. The van der Waals surface area contributed by atoms with Crippen LogP contribution in [0.15, 0.2) is 0 Å². The molecule has 4 nitrogen and oxygen atoms in total. The van der Waals surface area contributed by atoms with Crippen LogP contribution in [0, 0.1) is 0 Å². The van der Waals surface area contributed by atoms with Crippen molar-refractivity contribution < 1.29 is 60.0 Å². The molecule has 0 aliphatic heterocycles. The monoisotopic (exact) mass is 311 g/mol. The van der Waals surface area contributed by atoms with Crippen LogP contribution in [0.5, 0.6) is 0 Å². The van der Waals surface area contributed by atoms with Crippen LogP contribution in [0.3, 0.4) is 0 Å². The van der Waals surface area contributed by atoms with E-state index >= 15 is 0 Å². The van der Waals surface area contributed by atoms with Gasteiger partial charge in [0.25, 0.3) is 0 Å². The van der Waals surface area contributed by atoms with Crippen molar-refractivity contribution in [2.75, 3.05) is 0 Å². The quantitative estimate of drug-likeness (QED) is 0.538. The molecule has 0 rings (SSSR count). The van der Waals surface area contributed by atoms with Gasteiger partial charge >= 0.3 is 17.1 Å². The minimum atomic E-state index is 0. The molecular formula is CuO4W-6. The van der Waals surface area contributed by atoms with Gasteiger partial charge in [0.05, 0.1) is 0 Å². The molecule has 0 aliphatic rings. The normalized spacial score (nSPS) is 0. The van der Waals surface area contributed by atoms with E-state index in [1.54, 1.807) is 0 Å². The first-order valence-corrected chi connectivity index (χ1v) is 0. The summed E-state index contributed by atoms with van der Waals surface area (Å²) in [5.41, 5.74) is 0. The summed E-state index contributed by atoms with van der Waals surface area (Å²) in [6.07, 6.45) is 0. The van der Waals surface area contributed by atoms with E-state index in [0.717, 1.165) is 0 Å². The van der Waals surface area contributed by atoms with E-state index in [1.165, 1.54) is 0 Å². The summed E-state index contributed by atoms with van der Waals surface area (Å²) in [6.45, 7) is 0. The van der Waals surface area contributed by atoms with Gasteiger partial charge in [0.1, 0.15) is 0 Å². The smallest absolute Gasteiger partial charge is 2.00 e. The first kappa shape index (κ1) is 235. The summed E-state index contributed by atoms with van der Waals surface area (Å²) >= 11 is 0. The van der Waals surface area contributed by atoms with Gasteiger partial charge in [-0.15, -0.1) is 0 Å². The molecule has 0 spiro atoms. The van der Waals surface area contributed by atoms with Gasteiger partial charge in [-0.1, -0.05) is 0 Å². The van der Waals surface area contributed by atoms with Gasteiger partial charge in [-0.25, -0.2) is 0 Å². The van der Waals surface area contributed by atoms with Crippen molar-refractivity contribution in [2.24, 2.45) is 0 Å². The van der Waals surface area contributed by atoms with E-state index in [2.05, 4.69) is 0 Å². The van der Waals surface area contributed by atoms with Crippen LogP contribution in [0.4, 0.5) is 0 Å². The standard InChI is InChI=1S/Cu.4O.W/q+2;4*-2;. The van der Waals surface area contributed by atoms with Crippen LogP contribution in [0.2, 0.25) is 0 Å². The Morgan fingerprint density at radius 3 is 0.500 bits per heavy atom. The van der Waals surface area contributed by atoms with Gasteiger partial charge in [-0.3, -0.25) is 0 Å². The Labute approximate surface area is 60.3 Å². The van der Waals surface area contributed by atoms with Gasteiger partial charge in [0, 0.05) is 21.1 Å². The fourth-order valence-electron chi connectivity index (χ4n) is 0. The molecule has 0 bridgehead atoms. The summed E-state index contributed by atoms with van der Waals surface area (Å²) in [6, 6.07) is 0. The summed E-state index contributed by atoms with van der Waals surface area (Å²) in [5, 5.41) is 0. The van der Waals surface area contributed by atoms with Gasteiger partial charge in [-0.2, -0.15) is 0 Å². The molecule has 0 aromatic heterocycles. The van der Waals surface area contributed by atoms with Gasteiger partial charge in [0.15, 0.2) is 0 Å². The zero-order valence-electron chi connectivity index (χ0n) is 2.34. The predicted octanol–water partition coefficient (Wildman–Crippen LogP) is -0.480. The van der Waals surface area contributed by atoms with Gasteiger partial charge in [0.2, 0.25) is 0 Å². The molecule has 6 heteroatoms. The Morgan fingerprint density at radius 2 is 0.500 bits per heavy atom. The summed E-state index contributed by atoms with van der Waals surface area (Å²) in [4.78, 5) is 0. The SMILES string of the molecule is [Cu+2].[O-2].[O-2].[O-2].[O-2].[W]. The van der Waals surface area contributed by atoms with Crippen molar-refractivity contribution in [1.29, 1.82) is 0 Å². The molecular weight excluding hydrogens is 311 g/mol. The first-order chi connectivity index (χ1) is 0. The maximum absolute atomic E-state index is 0. The van der Waals surface area contributed by atoms with Crippen molar-refractivity contribution in [3.63, 3.8) is 0 Å². The molecule has 0 saturated carbocycles. The zero-order chi connectivity index (χ0) is 0.